The van der Waals surface area contributed by atoms with Gasteiger partial charge in [-0.15, -0.1) is 0 Å². The van der Waals surface area contributed by atoms with Gasteiger partial charge in [-0.2, -0.15) is 0 Å². The zero-order valence-electron chi connectivity index (χ0n) is 12.8. The van der Waals surface area contributed by atoms with E-state index < -0.39 is 0 Å². The highest BCUT2D eigenvalue weighted by molar-refractivity contribution is 6.32. The molecule has 2 fully saturated rings. The second kappa shape index (κ2) is 7.47. The average Bonchev–Trinajstić information content (AvgIpc) is 3.04. The predicted octanol–water partition coefficient (Wildman–Crippen LogP) is 1.94. The molecule has 6 nitrogen and oxygen atoms in total. The smallest absolute Gasteiger partial charge is 0.253 e. The molecule has 1 atom stereocenters. The minimum absolute atomic E-state index is 0.0339. The maximum absolute atomic E-state index is 12.3. The number of nitrogens with zero attached hydrogens (tertiary/aromatic N) is 1. The molecule has 3 rings (SSSR count). The fraction of sp³-hybridized carbons (Fsp3) is 0.625. The number of rotatable bonds is 4. The Balaban J connectivity index is 1.59. The molecule has 0 aromatic carbocycles. The first-order valence-corrected chi connectivity index (χ1v) is 8.38. The SMILES string of the molecule is O=C(NC1CCC(O)CC1)c1cnc(OC2CCOC2)c(Cl)c1. The summed E-state index contributed by atoms with van der Waals surface area (Å²) in [5.74, 6) is 0.135. The van der Waals surface area contributed by atoms with Crippen LogP contribution < -0.4 is 10.1 Å². The number of hydrogen-bond donors (Lipinski definition) is 2. The molecule has 126 valence electrons. The Bertz CT molecular complexity index is 555. The Morgan fingerprint density at radius 3 is 2.78 bits per heavy atom. The third-order valence-electron chi connectivity index (χ3n) is 4.27. The van der Waals surface area contributed by atoms with E-state index in [9.17, 15) is 9.90 Å². The third kappa shape index (κ3) is 4.34. The van der Waals surface area contributed by atoms with Crippen molar-refractivity contribution in [1.29, 1.82) is 0 Å². The van der Waals surface area contributed by atoms with E-state index in [4.69, 9.17) is 21.1 Å². The molecule has 1 saturated carbocycles. The topological polar surface area (TPSA) is 80.7 Å². The number of aromatic nitrogens is 1. The lowest BCUT2D eigenvalue weighted by atomic mass is 9.93. The molecule has 0 bridgehead atoms. The Kier molecular flexibility index (Phi) is 5.35. The molecule has 2 aliphatic rings. The van der Waals surface area contributed by atoms with E-state index in [2.05, 4.69) is 10.3 Å². The van der Waals surface area contributed by atoms with Crippen LogP contribution in [0.1, 0.15) is 42.5 Å². The Morgan fingerprint density at radius 2 is 2.13 bits per heavy atom. The first-order chi connectivity index (χ1) is 11.1. The van der Waals surface area contributed by atoms with Crippen molar-refractivity contribution in [2.24, 2.45) is 0 Å². The number of aliphatic hydroxyl groups excluding tert-OH is 1. The quantitative estimate of drug-likeness (QED) is 0.875. The molecule has 2 heterocycles. The number of carbonyl (C=O) groups is 1. The molecule has 1 aromatic rings. The molecular formula is C16H21ClN2O4. The van der Waals surface area contributed by atoms with Gasteiger partial charge in [-0.05, 0) is 31.7 Å². The zero-order valence-corrected chi connectivity index (χ0v) is 13.6. The van der Waals surface area contributed by atoms with Crippen LogP contribution in [0.5, 0.6) is 5.88 Å². The van der Waals surface area contributed by atoms with Crippen LogP contribution in [0.25, 0.3) is 0 Å². The maximum Gasteiger partial charge on any atom is 0.253 e. The maximum atomic E-state index is 12.3. The number of aliphatic hydroxyl groups is 1. The molecule has 1 aromatic heterocycles. The molecule has 1 saturated heterocycles. The highest BCUT2D eigenvalue weighted by atomic mass is 35.5. The Morgan fingerprint density at radius 1 is 1.35 bits per heavy atom. The number of halogens is 1. The molecule has 1 aliphatic heterocycles. The predicted molar refractivity (Wildman–Crippen MR) is 84.8 cm³/mol. The van der Waals surface area contributed by atoms with Gasteiger partial charge in [0.25, 0.3) is 5.91 Å². The van der Waals surface area contributed by atoms with Gasteiger partial charge in [0.2, 0.25) is 5.88 Å². The van der Waals surface area contributed by atoms with Gasteiger partial charge in [0.05, 0.1) is 24.9 Å². The van der Waals surface area contributed by atoms with Crippen molar-refractivity contribution in [3.63, 3.8) is 0 Å². The van der Waals surface area contributed by atoms with Crippen molar-refractivity contribution in [2.45, 2.75) is 50.4 Å². The van der Waals surface area contributed by atoms with Crippen molar-refractivity contribution in [2.75, 3.05) is 13.2 Å². The standard InChI is InChI=1S/C16H21ClN2O4/c17-14-7-10(8-18-16(14)23-13-5-6-22-9-13)15(21)19-11-1-3-12(20)4-2-11/h7-8,11-13,20H,1-6,9H2,(H,19,21). The van der Waals surface area contributed by atoms with Crippen molar-refractivity contribution in [3.05, 3.63) is 22.8 Å². The van der Waals surface area contributed by atoms with E-state index in [0.29, 0.717) is 29.7 Å². The molecular weight excluding hydrogens is 320 g/mol. The van der Waals surface area contributed by atoms with Crippen LogP contribution in [-0.4, -0.2) is 47.5 Å². The van der Waals surface area contributed by atoms with Gasteiger partial charge in [-0.25, -0.2) is 4.98 Å². The van der Waals surface area contributed by atoms with E-state index in [0.717, 1.165) is 32.1 Å². The van der Waals surface area contributed by atoms with Gasteiger partial charge in [0, 0.05) is 18.7 Å². The van der Waals surface area contributed by atoms with Gasteiger partial charge >= 0.3 is 0 Å². The fourth-order valence-corrected chi connectivity index (χ4v) is 3.10. The minimum Gasteiger partial charge on any atom is -0.471 e. The van der Waals surface area contributed by atoms with Crippen LogP contribution in [0.2, 0.25) is 5.02 Å². The third-order valence-corrected chi connectivity index (χ3v) is 4.54. The first-order valence-electron chi connectivity index (χ1n) is 8.00. The van der Waals surface area contributed by atoms with Crippen molar-refractivity contribution < 1.29 is 19.4 Å². The van der Waals surface area contributed by atoms with Crippen LogP contribution in [0.15, 0.2) is 12.3 Å². The van der Waals surface area contributed by atoms with Gasteiger partial charge in [0.1, 0.15) is 11.1 Å². The molecule has 7 heteroatoms. The molecule has 0 spiro atoms. The molecule has 0 radical (unpaired) electrons. The first kappa shape index (κ1) is 16.5. The monoisotopic (exact) mass is 340 g/mol. The number of amides is 1. The molecule has 1 amide bonds. The summed E-state index contributed by atoms with van der Waals surface area (Å²) in [5.41, 5.74) is 0.413. The molecule has 2 N–H and O–H groups in total. The van der Waals surface area contributed by atoms with Gasteiger partial charge in [-0.3, -0.25) is 4.79 Å². The second-order valence-electron chi connectivity index (χ2n) is 6.09. The fourth-order valence-electron chi connectivity index (χ4n) is 2.89. The summed E-state index contributed by atoms with van der Waals surface area (Å²) in [6.45, 7) is 1.21. The van der Waals surface area contributed by atoms with Crippen LogP contribution in [0.3, 0.4) is 0 Å². The van der Waals surface area contributed by atoms with E-state index >= 15 is 0 Å². The minimum atomic E-state index is -0.240. The average molecular weight is 341 g/mol. The summed E-state index contributed by atoms with van der Waals surface area (Å²) >= 11 is 6.17. The van der Waals surface area contributed by atoms with Crippen LogP contribution >= 0.6 is 11.6 Å². The lowest BCUT2D eigenvalue weighted by Crippen LogP contribution is -2.38. The number of carbonyl (C=O) groups excluding carboxylic acids is 1. The van der Waals surface area contributed by atoms with Crippen LogP contribution in [0, 0.1) is 0 Å². The second-order valence-corrected chi connectivity index (χ2v) is 6.50. The van der Waals surface area contributed by atoms with E-state index in [1.165, 1.54) is 6.20 Å². The number of hydrogen-bond acceptors (Lipinski definition) is 5. The van der Waals surface area contributed by atoms with Gasteiger partial charge in [0.15, 0.2) is 0 Å². The van der Waals surface area contributed by atoms with Crippen LogP contribution in [-0.2, 0) is 4.74 Å². The summed E-state index contributed by atoms with van der Waals surface area (Å²) in [6, 6.07) is 1.67. The molecule has 1 aliphatic carbocycles. The highest BCUT2D eigenvalue weighted by Gasteiger charge is 2.23. The summed E-state index contributed by atoms with van der Waals surface area (Å²) < 4.78 is 10.9. The number of pyridine rings is 1. The molecule has 23 heavy (non-hydrogen) atoms. The van der Waals surface area contributed by atoms with Crippen molar-refractivity contribution in [1.82, 2.24) is 10.3 Å². The van der Waals surface area contributed by atoms with Crippen molar-refractivity contribution >= 4 is 17.5 Å². The van der Waals surface area contributed by atoms with E-state index in [1.54, 1.807) is 6.07 Å². The van der Waals surface area contributed by atoms with E-state index in [-0.39, 0.29) is 24.2 Å². The number of ether oxygens (including phenoxy) is 2. The normalized spacial score (nSPS) is 27.7. The van der Waals surface area contributed by atoms with Crippen molar-refractivity contribution in [3.8, 4) is 5.88 Å². The van der Waals surface area contributed by atoms with E-state index in [1.807, 2.05) is 0 Å². The van der Waals surface area contributed by atoms with Gasteiger partial charge in [-0.1, -0.05) is 11.6 Å². The largest absolute Gasteiger partial charge is 0.471 e. The Hall–Kier alpha value is -1.37. The molecule has 1 unspecified atom stereocenters. The van der Waals surface area contributed by atoms with Crippen LogP contribution in [0.4, 0.5) is 0 Å². The summed E-state index contributed by atoms with van der Waals surface area (Å²) in [5, 5.41) is 12.8. The lowest BCUT2D eigenvalue weighted by Gasteiger charge is -2.26. The summed E-state index contributed by atoms with van der Waals surface area (Å²) in [4.78, 5) is 16.4. The Labute approximate surface area is 140 Å². The highest BCUT2D eigenvalue weighted by Crippen LogP contribution is 2.25. The summed E-state index contributed by atoms with van der Waals surface area (Å²) in [7, 11) is 0. The lowest BCUT2D eigenvalue weighted by molar-refractivity contribution is 0.0867. The van der Waals surface area contributed by atoms with Gasteiger partial charge < -0.3 is 19.9 Å². The zero-order chi connectivity index (χ0) is 16.2. The number of nitrogens with one attached hydrogen (secondary N) is 1. The summed E-state index contributed by atoms with van der Waals surface area (Å²) in [6.07, 6.45) is 5.04.